The van der Waals surface area contributed by atoms with Crippen molar-refractivity contribution in [2.24, 2.45) is 21.6 Å². The van der Waals surface area contributed by atoms with E-state index in [0.717, 1.165) is 16.4 Å². The summed E-state index contributed by atoms with van der Waals surface area (Å²) in [4.78, 5) is 67.0. The number of β-lactam (4-membered cyclic amide) rings is 1. The van der Waals surface area contributed by atoms with Crippen LogP contribution in [0.4, 0.5) is 5.13 Å². The fourth-order valence-corrected chi connectivity index (χ4v) is 6.81. The van der Waals surface area contributed by atoms with Crippen molar-refractivity contribution < 1.29 is 34.2 Å². The standard InChI is InChI=1S/C25H33N13O7S2/c1-25(2,22(43)44)45-33-13(16-32-24(29)47-34-16)18(39)31-14-19(40)38-15(21(41)42)11(10-46-20(14)38)8-35-9-12(17-30-5-7-37(17)35)36(23(27)28)6-3-4-26/h9,14,20H,3-8,10,26H2,1-2H3,(H3,27,28)(H,31,39)(H,41,42)(H,43,44)(H2,29,32,34)/b33-13-/t14-,20-/m1/s1. The third-order valence-corrected chi connectivity index (χ3v) is 9.32. The molecule has 47 heavy (non-hydrogen) atoms. The second-order valence-corrected chi connectivity index (χ2v) is 12.9. The van der Waals surface area contributed by atoms with Gasteiger partial charge in [-0.15, -0.1) is 11.8 Å². The number of nitrogen functional groups attached to an aromatic ring is 1. The maximum atomic E-state index is 13.4. The van der Waals surface area contributed by atoms with E-state index in [1.165, 1.54) is 25.6 Å². The molecule has 22 heteroatoms. The summed E-state index contributed by atoms with van der Waals surface area (Å²) in [5.74, 6) is -3.90. The van der Waals surface area contributed by atoms with Crippen molar-refractivity contribution >= 4 is 69.7 Å². The van der Waals surface area contributed by atoms with E-state index in [0.29, 0.717) is 49.7 Å². The highest BCUT2D eigenvalue weighted by Crippen LogP contribution is 2.41. The first-order valence-corrected chi connectivity index (χ1v) is 16.0. The fourth-order valence-electron chi connectivity index (χ4n) is 5.04. The molecule has 1 aromatic rings. The van der Waals surface area contributed by atoms with Gasteiger partial charge in [0.1, 0.15) is 22.8 Å². The number of nitrogens with two attached hydrogens (primary N) is 3. The summed E-state index contributed by atoms with van der Waals surface area (Å²) < 4.78 is 3.94. The van der Waals surface area contributed by atoms with Crippen LogP contribution in [-0.4, -0.2) is 136 Å². The molecule has 5 heterocycles. The van der Waals surface area contributed by atoms with Gasteiger partial charge in [0.25, 0.3) is 11.8 Å². The Hall–Kier alpha value is -4.96. The van der Waals surface area contributed by atoms with Crippen LogP contribution in [0.5, 0.6) is 0 Å². The largest absolute Gasteiger partial charge is 0.478 e. The van der Waals surface area contributed by atoms with Gasteiger partial charge in [-0.2, -0.15) is 9.36 Å². The molecule has 4 aliphatic rings. The number of hydrogen-bond acceptors (Lipinski definition) is 16. The molecule has 0 bridgehead atoms. The molecule has 0 unspecified atom stereocenters. The van der Waals surface area contributed by atoms with Crippen LogP contribution in [0.3, 0.4) is 0 Å². The summed E-state index contributed by atoms with van der Waals surface area (Å²) in [6.07, 6.45) is 2.33. The third-order valence-electron chi connectivity index (χ3n) is 7.43. The van der Waals surface area contributed by atoms with Crippen LogP contribution in [0.2, 0.25) is 0 Å². The predicted molar refractivity (Wildman–Crippen MR) is 169 cm³/mol. The van der Waals surface area contributed by atoms with E-state index in [1.54, 1.807) is 16.1 Å². The zero-order valence-corrected chi connectivity index (χ0v) is 26.9. The van der Waals surface area contributed by atoms with Crippen molar-refractivity contribution in [2.75, 3.05) is 44.2 Å². The molecular weight excluding hydrogens is 658 g/mol. The van der Waals surface area contributed by atoms with Gasteiger partial charge in [-0.05, 0) is 32.4 Å². The number of nitrogens with one attached hydrogen (secondary N) is 2. The number of carbonyl (C=O) groups is 4. The van der Waals surface area contributed by atoms with Crippen molar-refractivity contribution in [3.63, 3.8) is 0 Å². The number of rotatable bonds is 13. The lowest BCUT2D eigenvalue weighted by Gasteiger charge is -2.49. The number of oxime groups is 1. The number of carboxylic acid groups (broad SMARTS) is 2. The van der Waals surface area contributed by atoms with Crippen molar-refractivity contribution in [1.82, 2.24) is 34.5 Å². The highest BCUT2D eigenvalue weighted by Gasteiger charge is 2.55. The summed E-state index contributed by atoms with van der Waals surface area (Å²) >= 11 is 2.02. The number of carbonyl (C=O) groups excluding carboxylic acids is 2. The number of aliphatic carboxylic acids is 2. The first-order chi connectivity index (χ1) is 22.2. The highest BCUT2D eigenvalue weighted by molar-refractivity contribution is 8.00. The number of thioether (sulfide) groups is 1. The SMILES string of the molecule is CC(C)(O/N=C(\C(=O)N[C@@H]1C(=O)N2C(C(=O)O)=C(CN3C=C(N(CCCN)C(=N)N)C4=NCCN43)CS[C@H]12)c1nsc(N)n1)C(=O)O. The average molecular weight is 692 g/mol. The Morgan fingerprint density at radius 1 is 1.32 bits per heavy atom. The molecule has 2 atom stereocenters. The zero-order chi connectivity index (χ0) is 34.2. The van der Waals surface area contributed by atoms with Crippen LogP contribution in [0.25, 0.3) is 0 Å². The number of guanidine groups is 1. The maximum Gasteiger partial charge on any atom is 0.352 e. The Kier molecular flexibility index (Phi) is 9.27. The quantitative estimate of drug-likeness (QED) is 0.0498. The molecule has 1 fully saturated rings. The summed E-state index contributed by atoms with van der Waals surface area (Å²) in [5.41, 5.74) is 15.7. The molecule has 1 saturated heterocycles. The molecule has 0 spiro atoms. The van der Waals surface area contributed by atoms with Crippen LogP contribution >= 0.6 is 23.3 Å². The minimum atomic E-state index is -1.81. The molecule has 20 nitrogen and oxygen atoms in total. The Bertz CT molecular complexity index is 1640. The lowest BCUT2D eigenvalue weighted by molar-refractivity contribution is -0.161. The number of nitrogens with zero attached hydrogens (tertiary/aromatic N) is 8. The molecule has 4 aliphatic heterocycles. The maximum absolute atomic E-state index is 13.4. The number of carboxylic acids is 2. The monoisotopic (exact) mass is 691 g/mol. The number of anilines is 1. The van der Waals surface area contributed by atoms with E-state index >= 15 is 0 Å². The molecule has 2 amide bonds. The molecule has 0 radical (unpaired) electrons. The van der Waals surface area contributed by atoms with Crippen LogP contribution in [-0.2, 0) is 24.0 Å². The van der Waals surface area contributed by atoms with E-state index in [-0.39, 0.29) is 34.9 Å². The number of fused-ring (bicyclic) bond motifs is 2. The molecular formula is C25H33N13O7S2. The van der Waals surface area contributed by atoms with E-state index in [2.05, 4.69) is 24.8 Å². The number of hydrazine groups is 1. The van der Waals surface area contributed by atoms with E-state index in [4.69, 9.17) is 27.4 Å². The van der Waals surface area contributed by atoms with Gasteiger partial charge in [-0.1, -0.05) is 5.16 Å². The third kappa shape index (κ3) is 6.38. The van der Waals surface area contributed by atoms with Crippen LogP contribution in [0, 0.1) is 5.41 Å². The van der Waals surface area contributed by atoms with Crippen molar-refractivity contribution in [3.05, 3.63) is 29.0 Å². The Morgan fingerprint density at radius 2 is 2.06 bits per heavy atom. The smallest absolute Gasteiger partial charge is 0.352 e. The number of amides is 2. The van der Waals surface area contributed by atoms with Crippen molar-refractivity contribution in [3.8, 4) is 0 Å². The first-order valence-electron chi connectivity index (χ1n) is 14.2. The van der Waals surface area contributed by atoms with Gasteiger partial charge < -0.3 is 42.5 Å². The topological polar surface area (TPSA) is 295 Å². The van der Waals surface area contributed by atoms with Crippen molar-refractivity contribution in [1.29, 1.82) is 5.41 Å². The zero-order valence-electron chi connectivity index (χ0n) is 25.2. The minimum Gasteiger partial charge on any atom is -0.478 e. The average Bonchev–Trinajstić information content (AvgIpc) is 3.74. The fraction of sp³-hybridized carbons (Fsp3) is 0.480. The van der Waals surface area contributed by atoms with Gasteiger partial charge in [0.05, 0.1) is 19.6 Å². The first kappa shape index (κ1) is 33.4. The van der Waals surface area contributed by atoms with E-state index in [1.807, 2.05) is 5.01 Å². The highest BCUT2D eigenvalue weighted by atomic mass is 32.2. The number of aliphatic imine (C=N–C) groups is 1. The summed E-state index contributed by atoms with van der Waals surface area (Å²) in [7, 11) is 0. The lowest BCUT2D eigenvalue weighted by Crippen LogP contribution is -2.71. The summed E-state index contributed by atoms with van der Waals surface area (Å²) in [6, 6.07) is -1.14. The molecule has 0 aliphatic carbocycles. The second-order valence-electron chi connectivity index (χ2n) is 11.0. The Balaban J connectivity index is 1.36. The van der Waals surface area contributed by atoms with Crippen molar-refractivity contribution in [2.45, 2.75) is 37.3 Å². The van der Waals surface area contributed by atoms with Gasteiger partial charge in [-0.25, -0.2) is 9.59 Å². The Labute approximate surface area is 275 Å². The van der Waals surface area contributed by atoms with Gasteiger partial charge in [0.15, 0.2) is 16.9 Å². The predicted octanol–water partition coefficient (Wildman–Crippen LogP) is -2.23. The van der Waals surface area contributed by atoms with Gasteiger partial charge in [-0.3, -0.25) is 34.9 Å². The van der Waals surface area contributed by atoms with E-state index in [9.17, 15) is 29.4 Å². The Morgan fingerprint density at radius 3 is 2.68 bits per heavy atom. The van der Waals surface area contributed by atoms with Crippen LogP contribution in [0.1, 0.15) is 26.1 Å². The number of aromatic nitrogens is 2. The van der Waals surface area contributed by atoms with Gasteiger partial charge in [0, 0.05) is 30.0 Å². The minimum absolute atomic E-state index is 0.00680. The molecule has 0 saturated carbocycles. The molecule has 1 aromatic heterocycles. The number of amidine groups is 1. The molecule has 10 N–H and O–H groups in total. The van der Waals surface area contributed by atoms with Crippen LogP contribution in [0.15, 0.2) is 33.3 Å². The molecule has 0 aromatic carbocycles. The molecule has 252 valence electrons. The number of hydrogen-bond donors (Lipinski definition) is 7. The summed E-state index contributed by atoms with van der Waals surface area (Å²) in [6.45, 7) is 4.36. The van der Waals surface area contributed by atoms with Gasteiger partial charge in [0.2, 0.25) is 17.1 Å². The van der Waals surface area contributed by atoms with Gasteiger partial charge >= 0.3 is 11.9 Å². The summed E-state index contributed by atoms with van der Waals surface area (Å²) in [5, 5.41) is 36.8. The second kappa shape index (κ2) is 13.0. The molecule has 5 rings (SSSR count). The van der Waals surface area contributed by atoms with Crippen LogP contribution < -0.4 is 22.5 Å². The normalized spacial score (nSPS) is 20.7. The lowest BCUT2D eigenvalue weighted by atomic mass is 10.0. The van der Waals surface area contributed by atoms with E-state index < -0.39 is 46.5 Å².